The molecule has 0 saturated carbocycles. The molecular weight excluding hydrogens is 212 g/mol. The highest BCUT2D eigenvalue weighted by atomic mass is 35.5. The quantitative estimate of drug-likeness (QED) is 0.689. The van der Waals surface area contributed by atoms with E-state index in [1.807, 2.05) is 7.05 Å². The van der Waals surface area contributed by atoms with Crippen molar-refractivity contribution in [1.82, 2.24) is 9.78 Å². The maximum atomic E-state index is 11.2. The molecule has 0 atom stereocenters. The van der Waals surface area contributed by atoms with Crippen molar-refractivity contribution in [2.75, 3.05) is 0 Å². The molecule has 3 nitrogen and oxygen atoms in total. The summed E-state index contributed by atoms with van der Waals surface area (Å²) in [6.45, 7) is 4.48. The molecule has 0 aliphatic heterocycles. The molecule has 1 aromatic rings. The second-order valence-corrected chi connectivity index (χ2v) is 5.36. The Morgan fingerprint density at radius 3 is 2.80 bits per heavy atom. The molecule has 0 fully saturated rings. The first-order chi connectivity index (χ1) is 6.91. The van der Waals surface area contributed by atoms with Crippen molar-refractivity contribution in [3.63, 3.8) is 0 Å². The molecule has 15 heavy (non-hydrogen) atoms. The molecule has 0 unspecified atom stereocenters. The molecule has 1 aliphatic rings. The number of hydrogen-bond acceptors (Lipinski definition) is 2. The summed E-state index contributed by atoms with van der Waals surface area (Å²) in [5.41, 5.74) is 2.96. The van der Waals surface area contributed by atoms with E-state index in [0.29, 0.717) is 11.1 Å². The third-order valence-electron chi connectivity index (χ3n) is 3.16. The van der Waals surface area contributed by atoms with Gasteiger partial charge in [0.25, 0.3) is 5.24 Å². The van der Waals surface area contributed by atoms with E-state index in [2.05, 4.69) is 18.9 Å². The zero-order valence-electron chi connectivity index (χ0n) is 9.30. The van der Waals surface area contributed by atoms with Gasteiger partial charge >= 0.3 is 0 Å². The van der Waals surface area contributed by atoms with Gasteiger partial charge in [0, 0.05) is 18.3 Å². The fourth-order valence-corrected chi connectivity index (χ4v) is 2.40. The molecular formula is C11H15ClN2O. The number of rotatable bonds is 1. The standard InChI is InChI=1S/C11H15ClN2O/c1-11(2)5-4-7-8(6-11)14(3)13-9(7)10(12)15/h4-6H2,1-3H3. The second-order valence-electron chi connectivity index (χ2n) is 5.01. The van der Waals surface area contributed by atoms with Crippen LogP contribution in [0, 0.1) is 5.41 Å². The Morgan fingerprint density at radius 2 is 2.20 bits per heavy atom. The minimum Gasteiger partial charge on any atom is -0.274 e. The van der Waals surface area contributed by atoms with E-state index < -0.39 is 5.24 Å². The smallest absolute Gasteiger partial charge is 0.273 e. The first-order valence-corrected chi connectivity index (χ1v) is 5.53. The van der Waals surface area contributed by atoms with Gasteiger partial charge in [-0.25, -0.2) is 0 Å². The lowest BCUT2D eigenvalue weighted by molar-refractivity contribution is 0.107. The van der Waals surface area contributed by atoms with Crippen LogP contribution in [0.15, 0.2) is 0 Å². The fourth-order valence-electron chi connectivity index (χ4n) is 2.25. The zero-order chi connectivity index (χ0) is 11.2. The Morgan fingerprint density at radius 1 is 1.53 bits per heavy atom. The van der Waals surface area contributed by atoms with E-state index in [9.17, 15) is 4.79 Å². The minimum absolute atomic E-state index is 0.299. The van der Waals surface area contributed by atoms with Crippen LogP contribution in [0.4, 0.5) is 0 Å². The molecule has 4 heteroatoms. The Kier molecular flexibility index (Phi) is 2.38. The molecule has 1 aromatic heterocycles. The number of aryl methyl sites for hydroxylation is 1. The maximum Gasteiger partial charge on any atom is 0.273 e. The lowest BCUT2D eigenvalue weighted by atomic mass is 9.76. The van der Waals surface area contributed by atoms with Crippen LogP contribution in [0.3, 0.4) is 0 Å². The van der Waals surface area contributed by atoms with Crippen LogP contribution in [-0.2, 0) is 19.9 Å². The number of halogens is 1. The summed E-state index contributed by atoms with van der Waals surface area (Å²) in [7, 11) is 1.88. The molecule has 0 aromatic carbocycles. The Balaban J connectivity index is 2.49. The number of aromatic nitrogens is 2. The van der Waals surface area contributed by atoms with Gasteiger partial charge in [-0.1, -0.05) is 13.8 Å². The molecule has 0 amide bonds. The van der Waals surface area contributed by atoms with Gasteiger partial charge in [-0.3, -0.25) is 9.48 Å². The van der Waals surface area contributed by atoms with Gasteiger partial charge in [0.05, 0.1) is 0 Å². The van der Waals surface area contributed by atoms with Gasteiger partial charge < -0.3 is 0 Å². The lowest BCUT2D eigenvalue weighted by Gasteiger charge is -2.29. The van der Waals surface area contributed by atoms with Crippen molar-refractivity contribution in [2.45, 2.75) is 33.1 Å². The van der Waals surface area contributed by atoms with Crippen LogP contribution < -0.4 is 0 Å². The Labute approximate surface area is 94.4 Å². The molecule has 1 aliphatic carbocycles. The van der Waals surface area contributed by atoms with Gasteiger partial charge in [-0.05, 0) is 36.3 Å². The van der Waals surface area contributed by atoms with E-state index in [-0.39, 0.29) is 0 Å². The molecule has 2 rings (SSSR count). The molecule has 0 radical (unpaired) electrons. The summed E-state index contributed by atoms with van der Waals surface area (Å²) in [5, 5.41) is 3.75. The van der Waals surface area contributed by atoms with Crippen molar-refractivity contribution in [3.8, 4) is 0 Å². The topological polar surface area (TPSA) is 34.9 Å². The highest BCUT2D eigenvalue weighted by Gasteiger charge is 2.31. The van der Waals surface area contributed by atoms with Crippen LogP contribution in [0.1, 0.15) is 42.0 Å². The molecule has 1 heterocycles. The molecule has 82 valence electrons. The number of fused-ring (bicyclic) bond motifs is 1. The average molecular weight is 227 g/mol. The van der Waals surface area contributed by atoms with Crippen molar-refractivity contribution in [1.29, 1.82) is 0 Å². The first-order valence-electron chi connectivity index (χ1n) is 5.15. The van der Waals surface area contributed by atoms with E-state index in [4.69, 9.17) is 11.6 Å². The maximum absolute atomic E-state index is 11.2. The zero-order valence-corrected chi connectivity index (χ0v) is 10.1. The van der Waals surface area contributed by atoms with Crippen molar-refractivity contribution >= 4 is 16.8 Å². The van der Waals surface area contributed by atoms with E-state index >= 15 is 0 Å². The highest BCUT2D eigenvalue weighted by Crippen LogP contribution is 2.36. The summed E-state index contributed by atoms with van der Waals surface area (Å²) in [5.74, 6) is 0. The SMILES string of the molecule is Cn1nc(C(=O)Cl)c2c1CC(C)(C)CC2. The number of carbonyl (C=O) groups excluding carboxylic acids is 1. The Hall–Kier alpha value is -0.830. The number of nitrogens with zero attached hydrogens (tertiary/aromatic N) is 2. The van der Waals surface area contributed by atoms with E-state index in [0.717, 1.165) is 30.5 Å². The third kappa shape index (κ3) is 1.81. The van der Waals surface area contributed by atoms with Crippen LogP contribution >= 0.6 is 11.6 Å². The van der Waals surface area contributed by atoms with Gasteiger partial charge in [0.2, 0.25) is 0 Å². The second kappa shape index (κ2) is 3.34. The van der Waals surface area contributed by atoms with Crippen molar-refractivity contribution in [3.05, 3.63) is 17.0 Å². The predicted octanol–water partition coefficient (Wildman–Crippen LogP) is 2.31. The Bertz CT molecular complexity index is 420. The molecule has 0 spiro atoms. The first kappa shape index (κ1) is 10.7. The van der Waals surface area contributed by atoms with Crippen LogP contribution in [0.5, 0.6) is 0 Å². The minimum atomic E-state index is -0.438. The number of hydrogen-bond donors (Lipinski definition) is 0. The van der Waals surface area contributed by atoms with E-state index in [1.54, 1.807) is 4.68 Å². The molecule has 0 saturated heterocycles. The summed E-state index contributed by atoms with van der Waals surface area (Å²) in [6.07, 6.45) is 2.96. The largest absolute Gasteiger partial charge is 0.274 e. The van der Waals surface area contributed by atoms with E-state index in [1.165, 1.54) is 0 Å². The van der Waals surface area contributed by atoms with Crippen LogP contribution in [0.25, 0.3) is 0 Å². The van der Waals surface area contributed by atoms with Crippen LogP contribution in [-0.4, -0.2) is 15.0 Å². The monoisotopic (exact) mass is 226 g/mol. The normalized spacial score (nSPS) is 18.7. The van der Waals surface area contributed by atoms with Gasteiger partial charge in [0.1, 0.15) is 5.69 Å². The molecule has 0 bridgehead atoms. The highest BCUT2D eigenvalue weighted by molar-refractivity contribution is 6.67. The molecule has 0 N–H and O–H groups in total. The fraction of sp³-hybridized carbons (Fsp3) is 0.636. The summed E-state index contributed by atoms with van der Waals surface area (Å²) in [4.78, 5) is 11.2. The van der Waals surface area contributed by atoms with Gasteiger partial charge in [0.15, 0.2) is 0 Å². The average Bonchev–Trinajstić information content (AvgIpc) is 2.42. The lowest BCUT2D eigenvalue weighted by Crippen LogP contribution is -2.23. The van der Waals surface area contributed by atoms with Crippen molar-refractivity contribution in [2.24, 2.45) is 12.5 Å². The van der Waals surface area contributed by atoms with Crippen LogP contribution in [0.2, 0.25) is 0 Å². The summed E-state index contributed by atoms with van der Waals surface area (Å²) < 4.78 is 1.80. The van der Waals surface area contributed by atoms with Gasteiger partial charge in [-0.2, -0.15) is 5.10 Å². The number of carbonyl (C=O) groups is 1. The summed E-state index contributed by atoms with van der Waals surface area (Å²) >= 11 is 5.51. The van der Waals surface area contributed by atoms with Gasteiger partial charge in [-0.15, -0.1) is 0 Å². The summed E-state index contributed by atoms with van der Waals surface area (Å²) in [6, 6.07) is 0. The van der Waals surface area contributed by atoms with Crippen molar-refractivity contribution < 1.29 is 4.79 Å². The predicted molar refractivity (Wildman–Crippen MR) is 59.2 cm³/mol. The third-order valence-corrected chi connectivity index (χ3v) is 3.34.